The zero-order valence-electron chi connectivity index (χ0n) is 9.74. The van der Waals surface area contributed by atoms with Crippen LogP contribution >= 0.6 is 0 Å². The summed E-state index contributed by atoms with van der Waals surface area (Å²) >= 11 is 0. The lowest BCUT2D eigenvalue weighted by Crippen LogP contribution is -2.27. The van der Waals surface area contributed by atoms with Crippen LogP contribution in [0.5, 0.6) is 0 Å². The van der Waals surface area contributed by atoms with Crippen LogP contribution in [0.25, 0.3) is 0 Å². The van der Waals surface area contributed by atoms with E-state index in [-0.39, 0.29) is 11.8 Å². The number of hydrogen-bond donors (Lipinski definition) is 1. The van der Waals surface area contributed by atoms with E-state index >= 15 is 0 Å². The van der Waals surface area contributed by atoms with Gasteiger partial charge in [-0.3, -0.25) is 15.0 Å². The lowest BCUT2D eigenvalue weighted by molar-refractivity contribution is -0.384. The molecular weight excluding hydrogens is 220 g/mol. The van der Waals surface area contributed by atoms with Crippen LogP contribution in [0, 0.1) is 10.1 Å². The Morgan fingerprint density at radius 2 is 2.12 bits per heavy atom. The van der Waals surface area contributed by atoms with Crippen molar-refractivity contribution in [1.29, 1.82) is 0 Å². The van der Waals surface area contributed by atoms with Crippen LogP contribution in [-0.4, -0.2) is 33.6 Å². The third kappa shape index (κ3) is 2.81. The van der Waals surface area contributed by atoms with Crippen molar-refractivity contribution in [2.45, 2.75) is 32.0 Å². The number of likely N-dealkylation sites (tertiary alicyclic amines) is 1. The summed E-state index contributed by atoms with van der Waals surface area (Å²) in [5.74, 6) is 0. The van der Waals surface area contributed by atoms with Crippen molar-refractivity contribution in [3.8, 4) is 0 Å². The van der Waals surface area contributed by atoms with Gasteiger partial charge in [0.2, 0.25) is 0 Å². The second kappa shape index (κ2) is 4.81. The average molecular weight is 236 g/mol. The van der Waals surface area contributed by atoms with Crippen molar-refractivity contribution in [2.24, 2.45) is 0 Å². The van der Waals surface area contributed by atoms with Gasteiger partial charge in [0.05, 0.1) is 11.0 Å². The fourth-order valence-corrected chi connectivity index (χ4v) is 2.25. The van der Waals surface area contributed by atoms with E-state index in [1.807, 2.05) is 0 Å². The van der Waals surface area contributed by atoms with Crippen molar-refractivity contribution in [3.63, 3.8) is 0 Å². The van der Waals surface area contributed by atoms with E-state index in [1.165, 1.54) is 12.1 Å². The summed E-state index contributed by atoms with van der Waals surface area (Å²) in [4.78, 5) is 12.3. The molecule has 1 heterocycles. The number of aliphatic hydroxyl groups excluding tert-OH is 1. The standard InChI is InChI=1S/C12H16N2O3/c1-9-6-12(15)8-13(9)7-10-2-4-11(5-3-10)14(16)17/h2-5,9,12,15H,6-8H2,1H3/t9-,12+/m1/s1. The van der Waals surface area contributed by atoms with Crippen molar-refractivity contribution >= 4 is 5.69 Å². The highest BCUT2D eigenvalue weighted by Crippen LogP contribution is 2.21. The van der Waals surface area contributed by atoms with Gasteiger partial charge in [-0.05, 0) is 18.9 Å². The summed E-state index contributed by atoms with van der Waals surface area (Å²) in [7, 11) is 0. The Balaban J connectivity index is 2.02. The predicted octanol–water partition coefficient (Wildman–Crippen LogP) is 1.55. The quantitative estimate of drug-likeness (QED) is 0.638. The Kier molecular flexibility index (Phi) is 3.40. The predicted molar refractivity (Wildman–Crippen MR) is 63.6 cm³/mol. The average Bonchev–Trinajstić information content (AvgIpc) is 2.58. The van der Waals surface area contributed by atoms with Gasteiger partial charge in [-0.2, -0.15) is 0 Å². The van der Waals surface area contributed by atoms with E-state index in [0.717, 1.165) is 18.5 Å². The molecule has 1 saturated heterocycles. The highest BCUT2D eigenvalue weighted by molar-refractivity contribution is 5.32. The van der Waals surface area contributed by atoms with Crippen LogP contribution in [0.1, 0.15) is 18.9 Å². The van der Waals surface area contributed by atoms with E-state index in [9.17, 15) is 15.2 Å². The van der Waals surface area contributed by atoms with Gasteiger partial charge in [0.25, 0.3) is 5.69 Å². The van der Waals surface area contributed by atoms with Gasteiger partial charge in [0.15, 0.2) is 0 Å². The molecule has 1 aromatic carbocycles. The van der Waals surface area contributed by atoms with E-state index in [4.69, 9.17) is 0 Å². The van der Waals surface area contributed by atoms with Crippen LogP contribution < -0.4 is 0 Å². The molecule has 0 aromatic heterocycles. The van der Waals surface area contributed by atoms with Crippen LogP contribution in [-0.2, 0) is 6.54 Å². The molecule has 5 nitrogen and oxygen atoms in total. The maximum Gasteiger partial charge on any atom is 0.269 e. The molecule has 1 N–H and O–H groups in total. The lowest BCUT2D eigenvalue weighted by Gasteiger charge is -2.20. The molecule has 0 amide bonds. The summed E-state index contributed by atoms with van der Waals surface area (Å²) in [6.45, 7) is 3.50. The number of hydrogen-bond acceptors (Lipinski definition) is 4. The van der Waals surface area contributed by atoms with Crippen molar-refractivity contribution in [3.05, 3.63) is 39.9 Å². The number of nitro benzene ring substituents is 1. The molecule has 0 aliphatic carbocycles. The van der Waals surface area contributed by atoms with E-state index in [0.29, 0.717) is 12.6 Å². The Morgan fingerprint density at radius 1 is 1.47 bits per heavy atom. The topological polar surface area (TPSA) is 66.6 Å². The molecule has 92 valence electrons. The van der Waals surface area contributed by atoms with Gasteiger partial charge in [-0.25, -0.2) is 0 Å². The third-order valence-corrected chi connectivity index (χ3v) is 3.21. The van der Waals surface area contributed by atoms with Crippen LogP contribution in [0.4, 0.5) is 5.69 Å². The van der Waals surface area contributed by atoms with Crippen molar-refractivity contribution < 1.29 is 10.0 Å². The van der Waals surface area contributed by atoms with Crippen LogP contribution in [0.3, 0.4) is 0 Å². The molecule has 1 aliphatic heterocycles. The molecule has 0 saturated carbocycles. The molecule has 2 atom stereocenters. The maximum atomic E-state index is 10.5. The maximum absolute atomic E-state index is 10.5. The van der Waals surface area contributed by atoms with Gasteiger partial charge in [-0.1, -0.05) is 12.1 Å². The first-order valence-corrected chi connectivity index (χ1v) is 5.71. The smallest absolute Gasteiger partial charge is 0.269 e. The highest BCUT2D eigenvalue weighted by atomic mass is 16.6. The molecule has 1 aromatic rings. The molecule has 0 spiro atoms. The first-order chi connectivity index (χ1) is 8.06. The molecule has 17 heavy (non-hydrogen) atoms. The first kappa shape index (κ1) is 12.0. The normalized spacial score (nSPS) is 25.1. The Bertz CT molecular complexity index is 405. The fraction of sp³-hybridized carbons (Fsp3) is 0.500. The minimum atomic E-state index is -0.397. The first-order valence-electron chi connectivity index (χ1n) is 5.71. The minimum Gasteiger partial charge on any atom is -0.392 e. The van der Waals surface area contributed by atoms with Gasteiger partial charge in [0, 0.05) is 31.3 Å². The SMILES string of the molecule is C[C@@H]1C[C@H](O)CN1Cc1ccc([N+](=O)[O-])cc1. The summed E-state index contributed by atoms with van der Waals surface area (Å²) < 4.78 is 0. The van der Waals surface area contributed by atoms with Crippen LogP contribution in [0.15, 0.2) is 24.3 Å². The molecule has 5 heteroatoms. The number of β-amino-alcohol motifs (C(OH)–C–C–N with tert-alkyl or cyclic N) is 1. The van der Waals surface area contributed by atoms with E-state index in [2.05, 4.69) is 11.8 Å². The second-order valence-corrected chi connectivity index (χ2v) is 4.59. The zero-order valence-corrected chi connectivity index (χ0v) is 9.74. The largest absolute Gasteiger partial charge is 0.392 e. The molecule has 1 aliphatic rings. The molecular formula is C12H16N2O3. The number of nitro groups is 1. The number of non-ortho nitro benzene ring substituents is 1. The van der Waals surface area contributed by atoms with Crippen LogP contribution in [0.2, 0.25) is 0 Å². The summed E-state index contributed by atoms with van der Waals surface area (Å²) in [6.07, 6.45) is 0.551. The zero-order chi connectivity index (χ0) is 12.4. The van der Waals surface area contributed by atoms with E-state index in [1.54, 1.807) is 12.1 Å². The number of nitrogens with zero attached hydrogens (tertiary/aromatic N) is 2. The number of benzene rings is 1. The van der Waals surface area contributed by atoms with Gasteiger partial charge in [0.1, 0.15) is 0 Å². The Labute approximate surface area is 99.8 Å². The second-order valence-electron chi connectivity index (χ2n) is 4.59. The Hall–Kier alpha value is -1.46. The monoisotopic (exact) mass is 236 g/mol. The molecule has 2 rings (SSSR count). The highest BCUT2D eigenvalue weighted by Gasteiger charge is 2.27. The lowest BCUT2D eigenvalue weighted by atomic mass is 10.2. The van der Waals surface area contributed by atoms with Crippen molar-refractivity contribution in [2.75, 3.05) is 6.54 Å². The van der Waals surface area contributed by atoms with E-state index < -0.39 is 4.92 Å². The van der Waals surface area contributed by atoms with Crippen molar-refractivity contribution in [1.82, 2.24) is 4.90 Å². The van der Waals surface area contributed by atoms with Gasteiger partial charge >= 0.3 is 0 Å². The summed E-state index contributed by atoms with van der Waals surface area (Å²) in [6, 6.07) is 6.95. The molecule has 1 fully saturated rings. The minimum absolute atomic E-state index is 0.114. The molecule has 0 unspecified atom stereocenters. The molecule has 0 radical (unpaired) electrons. The number of rotatable bonds is 3. The number of aliphatic hydroxyl groups is 1. The van der Waals surface area contributed by atoms with Gasteiger partial charge in [-0.15, -0.1) is 0 Å². The van der Waals surface area contributed by atoms with Gasteiger partial charge < -0.3 is 5.11 Å². The summed E-state index contributed by atoms with van der Waals surface area (Å²) in [5.41, 5.74) is 1.15. The Morgan fingerprint density at radius 3 is 2.59 bits per heavy atom. The summed E-state index contributed by atoms with van der Waals surface area (Å²) in [5, 5.41) is 20.0. The molecule has 0 bridgehead atoms. The third-order valence-electron chi connectivity index (χ3n) is 3.21. The fourth-order valence-electron chi connectivity index (χ4n) is 2.25.